The van der Waals surface area contributed by atoms with Crippen LogP contribution in [0.15, 0.2) is 53.0 Å². The second-order valence-electron chi connectivity index (χ2n) is 7.53. The Hall–Kier alpha value is -2.73. The third kappa shape index (κ3) is 4.54. The minimum absolute atomic E-state index is 0.0113. The van der Waals surface area contributed by atoms with Crippen molar-refractivity contribution in [2.75, 3.05) is 31.5 Å². The second-order valence-corrected chi connectivity index (χ2v) is 11.5. The fraction of sp³-hybridized carbons (Fsp3) is 0.286. The smallest absolute Gasteiger partial charge is 0.317 e. The van der Waals surface area contributed by atoms with Crippen LogP contribution in [-0.2, 0) is 19.4 Å². The van der Waals surface area contributed by atoms with Crippen molar-refractivity contribution in [3.63, 3.8) is 0 Å². The van der Waals surface area contributed by atoms with Crippen LogP contribution in [0.4, 0.5) is 5.69 Å². The minimum atomic E-state index is -4.25. The van der Waals surface area contributed by atoms with Crippen LogP contribution in [0.3, 0.4) is 0 Å². The van der Waals surface area contributed by atoms with E-state index >= 15 is 0 Å². The molecular weight excluding hydrogens is 488 g/mol. The Morgan fingerprint density at radius 1 is 1.24 bits per heavy atom. The number of pyridine rings is 1. The molecule has 1 amide bonds. The predicted octanol–water partition coefficient (Wildman–Crippen LogP) is 2.44. The van der Waals surface area contributed by atoms with Crippen molar-refractivity contribution < 1.29 is 23.1 Å². The van der Waals surface area contributed by atoms with Gasteiger partial charge in [0.1, 0.15) is 4.21 Å². The zero-order valence-electron chi connectivity index (χ0n) is 17.3. The van der Waals surface area contributed by atoms with Crippen molar-refractivity contribution in [3.8, 4) is 0 Å². The maximum Gasteiger partial charge on any atom is 0.317 e. The number of rotatable bonds is 9. The van der Waals surface area contributed by atoms with Crippen LogP contribution in [0.25, 0.3) is 10.1 Å². The maximum absolute atomic E-state index is 13.7. The summed E-state index contributed by atoms with van der Waals surface area (Å²) < 4.78 is 28.1. The molecule has 33 heavy (non-hydrogen) atoms. The van der Waals surface area contributed by atoms with Gasteiger partial charge in [0, 0.05) is 53.9 Å². The molecule has 0 saturated carbocycles. The van der Waals surface area contributed by atoms with Crippen LogP contribution >= 0.6 is 22.9 Å². The molecule has 3 heterocycles. The lowest BCUT2D eigenvalue weighted by atomic mass is 10.2. The summed E-state index contributed by atoms with van der Waals surface area (Å²) in [5.74, 6) is -1.91. The van der Waals surface area contributed by atoms with Crippen molar-refractivity contribution in [1.82, 2.24) is 15.2 Å². The molecule has 9 nitrogen and oxygen atoms in total. The minimum Gasteiger partial charge on any atom is -0.480 e. The zero-order chi connectivity index (χ0) is 23.6. The Kier molecular flexibility index (Phi) is 6.57. The molecule has 1 aliphatic heterocycles. The van der Waals surface area contributed by atoms with Gasteiger partial charge < -0.3 is 15.3 Å². The Morgan fingerprint density at radius 2 is 2.00 bits per heavy atom. The number of carboxylic acid groups (broad SMARTS) is 1. The summed E-state index contributed by atoms with van der Waals surface area (Å²) in [6, 6.07) is 10.1. The highest BCUT2D eigenvalue weighted by Gasteiger charge is 2.57. The Balaban J connectivity index is 1.61. The van der Waals surface area contributed by atoms with Crippen molar-refractivity contribution in [2.24, 2.45) is 0 Å². The summed E-state index contributed by atoms with van der Waals surface area (Å²) in [5, 5.41) is 16.0. The van der Waals surface area contributed by atoms with E-state index in [1.54, 1.807) is 42.7 Å². The number of fused-ring (bicyclic) bond motifs is 1. The first-order valence-electron chi connectivity index (χ1n) is 10.1. The van der Waals surface area contributed by atoms with Crippen molar-refractivity contribution in [3.05, 3.63) is 53.8 Å². The fourth-order valence-corrected chi connectivity index (χ4v) is 7.60. The van der Waals surface area contributed by atoms with Crippen LogP contribution in [0.1, 0.15) is 6.42 Å². The van der Waals surface area contributed by atoms with Gasteiger partial charge in [0.05, 0.1) is 6.54 Å². The van der Waals surface area contributed by atoms with E-state index in [9.17, 15) is 23.1 Å². The highest BCUT2D eigenvalue weighted by molar-refractivity contribution is 7.95. The number of carboxylic acids is 1. The van der Waals surface area contributed by atoms with Gasteiger partial charge in [-0.2, -0.15) is 0 Å². The third-order valence-corrected chi connectivity index (χ3v) is 9.59. The van der Waals surface area contributed by atoms with E-state index in [2.05, 4.69) is 15.6 Å². The van der Waals surface area contributed by atoms with E-state index in [-0.39, 0.29) is 23.7 Å². The number of aromatic nitrogens is 1. The topological polar surface area (TPSA) is 129 Å². The van der Waals surface area contributed by atoms with Crippen LogP contribution in [-0.4, -0.2) is 66.3 Å². The number of sulfone groups is 1. The first-order valence-corrected chi connectivity index (χ1v) is 12.7. The molecule has 0 radical (unpaired) electrons. The van der Waals surface area contributed by atoms with Gasteiger partial charge in [0.15, 0.2) is 0 Å². The van der Waals surface area contributed by atoms with Crippen LogP contribution < -0.4 is 10.6 Å². The molecule has 1 saturated heterocycles. The third-order valence-electron chi connectivity index (χ3n) is 5.47. The van der Waals surface area contributed by atoms with E-state index in [0.29, 0.717) is 21.7 Å². The zero-order valence-corrected chi connectivity index (χ0v) is 19.7. The summed E-state index contributed by atoms with van der Waals surface area (Å²) in [4.78, 5) is 28.0. The predicted molar refractivity (Wildman–Crippen MR) is 126 cm³/mol. The van der Waals surface area contributed by atoms with Crippen molar-refractivity contribution in [2.45, 2.75) is 15.5 Å². The average Bonchev–Trinajstić information content (AvgIpc) is 3.35. The van der Waals surface area contributed by atoms with E-state index in [4.69, 9.17) is 11.6 Å². The van der Waals surface area contributed by atoms with E-state index in [0.717, 1.165) is 17.0 Å². The SMILES string of the molecule is O=C(O)CNC1(S(=O)(=O)c2cc3ccc(Cl)cc3s2)CCN(CCNc2ccncc2)C1=O. The average molecular weight is 509 g/mol. The number of hydrogen-bond acceptors (Lipinski definition) is 8. The number of likely N-dealkylation sites (tertiary alicyclic amines) is 1. The molecule has 3 aromatic rings. The second kappa shape index (κ2) is 9.26. The lowest BCUT2D eigenvalue weighted by molar-refractivity contribution is -0.136. The van der Waals surface area contributed by atoms with Gasteiger partial charge in [0.25, 0.3) is 5.91 Å². The highest BCUT2D eigenvalue weighted by atomic mass is 35.5. The quantitative estimate of drug-likeness (QED) is 0.402. The van der Waals surface area contributed by atoms with Gasteiger partial charge in [-0.3, -0.25) is 19.9 Å². The lowest BCUT2D eigenvalue weighted by Crippen LogP contribution is -2.58. The molecule has 174 valence electrons. The molecule has 1 atom stereocenters. The number of hydrogen-bond donors (Lipinski definition) is 3. The number of aliphatic carboxylic acids is 1. The summed E-state index contributed by atoms with van der Waals surface area (Å²) in [7, 11) is -4.25. The van der Waals surface area contributed by atoms with Crippen LogP contribution in [0, 0.1) is 0 Å². The molecular formula is C21H21ClN4O5S2. The van der Waals surface area contributed by atoms with Crippen LogP contribution in [0.5, 0.6) is 0 Å². The Bertz CT molecular complexity index is 1300. The molecule has 0 aliphatic carbocycles. The number of amides is 1. The molecule has 2 aromatic heterocycles. The van der Waals surface area contributed by atoms with E-state index in [1.165, 1.54) is 11.0 Å². The molecule has 1 aliphatic rings. The van der Waals surface area contributed by atoms with Gasteiger partial charge in [0.2, 0.25) is 14.7 Å². The number of anilines is 1. The number of thiophene rings is 1. The standard InChI is InChI=1S/C21H21ClN4O5S2/c22-15-2-1-14-11-19(32-17(14)12-15)33(30,31)21(25-13-18(27)28)5-9-26(20(21)29)10-8-24-16-3-6-23-7-4-16/h1-4,6-7,11-12,25H,5,8-10,13H2,(H,23,24)(H,27,28). The molecule has 0 spiro atoms. The van der Waals surface area contributed by atoms with Gasteiger partial charge in [-0.1, -0.05) is 17.7 Å². The number of benzene rings is 1. The molecule has 3 N–H and O–H groups in total. The van der Waals surface area contributed by atoms with Gasteiger partial charge in [-0.05, 0) is 35.7 Å². The summed E-state index contributed by atoms with van der Waals surface area (Å²) >= 11 is 7.03. The normalized spacial score (nSPS) is 18.7. The van der Waals surface area contributed by atoms with E-state index in [1.807, 2.05) is 0 Å². The summed E-state index contributed by atoms with van der Waals surface area (Å²) in [6.07, 6.45) is 3.20. The first-order chi connectivity index (χ1) is 15.7. The molecule has 0 bridgehead atoms. The lowest BCUT2D eigenvalue weighted by Gasteiger charge is -2.28. The van der Waals surface area contributed by atoms with Crippen LogP contribution in [0.2, 0.25) is 5.02 Å². The monoisotopic (exact) mass is 508 g/mol. The molecule has 1 aromatic carbocycles. The fourth-order valence-electron chi connectivity index (χ4n) is 3.79. The molecule has 4 rings (SSSR count). The van der Waals surface area contributed by atoms with Crippen molar-refractivity contribution >= 4 is 60.4 Å². The first kappa shape index (κ1) is 23.4. The Labute approximate surface area is 199 Å². The molecule has 12 heteroatoms. The molecule has 1 fully saturated rings. The number of nitrogens with one attached hydrogen (secondary N) is 2. The number of carbonyl (C=O) groups is 2. The number of halogens is 1. The summed E-state index contributed by atoms with van der Waals surface area (Å²) in [6.45, 7) is 0.172. The van der Waals surface area contributed by atoms with Gasteiger partial charge in [-0.15, -0.1) is 11.3 Å². The molecule has 1 unspecified atom stereocenters. The highest BCUT2D eigenvalue weighted by Crippen LogP contribution is 2.39. The van der Waals surface area contributed by atoms with E-state index < -0.39 is 33.1 Å². The van der Waals surface area contributed by atoms with Gasteiger partial charge in [-0.25, -0.2) is 8.42 Å². The number of nitrogens with zero attached hydrogens (tertiary/aromatic N) is 2. The largest absolute Gasteiger partial charge is 0.480 e. The van der Waals surface area contributed by atoms with Gasteiger partial charge >= 0.3 is 5.97 Å². The Morgan fingerprint density at radius 3 is 2.73 bits per heavy atom. The summed E-state index contributed by atoms with van der Waals surface area (Å²) in [5.41, 5.74) is 0.823. The number of carbonyl (C=O) groups excluding carboxylic acids is 1. The maximum atomic E-state index is 13.7. The van der Waals surface area contributed by atoms with Crippen molar-refractivity contribution in [1.29, 1.82) is 0 Å².